The molecular weight excluding hydrogens is 585 g/mol. The van der Waals surface area contributed by atoms with E-state index in [2.05, 4.69) is 39.1 Å². The highest BCUT2D eigenvalue weighted by atomic mass is 32.2. The average molecular weight is 619 g/mol. The van der Waals surface area contributed by atoms with Crippen LogP contribution in [-0.4, -0.2) is 62.7 Å². The summed E-state index contributed by atoms with van der Waals surface area (Å²) in [5, 5.41) is 5.67. The number of carbonyl (C=O) groups excluding carboxylic acids is 2. The molecule has 0 radical (unpaired) electrons. The number of sulfone groups is 1. The summed E-state index contributed by atoms with van der Waals surface area (Å²) in [5.74, 6) is -1.59. The van der Waals surface area contributed by atoms with E-state index >= 15 is 0 Å². The Bertz CT molecular complexity index is 1660. The van der Waals surface area contributed by atoms with Crippen molar-refractivity contribution >= 4 is 39.0 Å². The number of aromatic nitrogens is 1. The van der Waals surface area contributed by atoms with Crippen LogP contribution in [0.2, 0.25) is 0 Å². The normalized spacial score (nSPS) is 14.2. The van der Waals surface area contributed by atoms with Crippen molar-refractivity contribution in [2.75, 3.05) is 31.5 Å². The van der Waals surface area contributed by atoms with E-state index in [-0.39, 0.29) is 21.9 Å². The van der Waals surface area contributed by atoms with Crippen LogP contribution in [0.4, 0.5) is 18.9 Å². The Balaban J connectivity index is 1.57. The van der Waals surface area contributed by atoms with E-state index in [9.17, 15) is 31.2 Å². The Hall–Kier alpha value is -4.10. The molecule has 0 bridgehead atoms. The van der Waals surface area contributed by atoms with Crippen LogP contribution in [0.15, 0.2) is 47.4 Å². The zero-order valence-electron chi connectivity index (χ0n) is 24.2. The molecular formula is C30H33F3N4O5S. The van der Waals surface area contributed by atoms with Crippen molar-refractivity contribution in [3.05, 3.63) is 76.1 Å². The smallest absolute Gasteiger partial charge is 0.406 e. The van der Waals surface area contributed by atoms with Gasteiger partial charge in [-0.3, -0.25) is 9.59 Å². The van der Waals surface area contributed by atoms with Gasteiger partial charge in [0.15, 0.2) is 9.84 Å². The topological polar surface area (TPSA) is 121 Å². The Labute approximate surface area is 248 Å². The molecule has 1 aliphatic heterocycles. The highest BCUT2D eigenvalue weighted by molar-refractivity contribution is 7.90. The van der Waals surface area contributed by atoms with Crippen molar-refractivity contribution in [3.63, 3.8) is 0 Å². The van der Waals surface area contributed by atoms with Gasteiger partial charge in [0.05, 0.1) is 21.8 Å². The maximum absolute atomic E-state index is 13.2. The third-order valence-corrected chi connectivity index (χ3v) is 8.93. The monoisotopic (exact) mass is 618 g/mol. The minimum Gasteiger partial charge on any atom is -0.406 e. The van der Waals surface area contributed by atoms with Gasteiger partial charge in [0.25, 0.3) is 11.8 Å². The van der Waals surface area contributed by atoms with E-state index in [1.54, 1.807) is 19.9 Å². The summed E-state index contributed by atoms with van der Waals surface area (Å²) in [6.45, 7) is 10.6. The number of likely N-dealkylation sites (N-methyl/N-ethyl adjacent to an activating group) is 1. The maximum Gasteiger partial charge on any atom is 0.573 e. The van der Waals surface area contributed by atoms with Crippen LogP contribution in [-0.2, 0) is 20.4 Å². The van der Waals surface area contributed by atoms with Crippen molar-refractivity contribution in [2.45, 2.75) is 44.7 Å². The van der Waals surface area contributed by atoms with Gasteiger partial charge in [-0.05, 0) is 74.5 Å². The number of amides is 2. The predicted molar refractivity (Wildman–Crippen MR) is 157 cm³/mol. The van der Waals surface area contributed by atoms with E-state index in [1.807, 2.05) is 0 Å². The van der Waals surface area contributed by atoms with Crippen molar-refractivity contribution in [1.29, 1.82) is 0 Å². The van der Waals surface area contributed by atoms with Crippen LogP contribution in [0, 0.1) is 13.8 Å². The summed E-state index contributed by atoms with van der Waals surface area (Å²) in [6.07, 6.45) is -3.27. The molecule has 230 valence electrons. The van der Waals surface area contributed by atoms with E-state index in [4.69, 9.17) is 0 Å². The van der Waals surface area contributed by atoms with Crippen molar-refractivity contribution in [2.24, 2.45) is 0 Å². The SMILES string of the molecule is CCN(CC)CCNC(=O)c1c(C)[nH]c(C=C2C(=O)Nc3ccc(S(=O)(=O)Cc4ccc(OC(F)(F)F)cc4)cc32)c1C. The number of alkyl halides is 3. The van der Waals surface area contributed by atoms with Crippen LogP contribution in [0.25, 0.3) is 11.6 Å². The average Bonchev–Trinajstić information content (AvgIpc) is 3.40. The van der Waals surface area contributed by atoms with Gasteiger partial charge in [0.1, 0.15) is 5.75 Å². The van der Waals surface area contributed by atoms with Crippen molar-refractivity contribution < 1.29 is 35.9 Å². The Kier molecular flexibility index (Phi) is 9.35. The second-order valence-corrected chi connectivity index (χ2v) is 12.1. The van der Waals surface area contributed by atoms with Crippen LogP contribution >= 0.6 is 0 Å². The third-order valence-electron chi connectivity index (χ3n) is 7.25. The van der Waals surface area contributed by atoms with Gasteiger partial charge in [-0.25, -0.2) is 8.42 Å². The summed E-state index contributed by atoms with van der Waals surface area (Å²) < 4.78 is 67.6. The maximum atomic E-state index is 13.2. The number of nitrogens with one attached hydrogen (secondary N) is 3. The zero-order chi connectivity index (χ0) is 31.5. The number of ether oxygens (including phenoxy) is 1. The summed E-state index contributed by atoms with van der Waals surface area (Å²) in [5.41, 5.74) is 3.58. The van der Waals surface area contributed by atoms with Gasteiger partial charge >= 0.3 is 6.36 Å². The fourth-order valence-electron chi connectivity index (χ4n) is 4.95. The Morgan fingerprint density at radius 3 is 2.37 bits per heavy atom. The summed E-state index contributed by atoms with van der Waals surface area (Å²) in [6, 6.07) is 8.83. The van der Waals surface area contributed by atoms with Gasteiger partial charge in [0, 0.05) is 35.7 Å². The van der Waals surface area contributed by atoms with Crippen LogP contribution in [0.1, 0.15) is 52.3 Å². The molecule has 3 aromatic rings. The molecule has 2 aromatic carbocycles. The molecule has 9 nitrogen and oxygen atoms in total. The van der Waals surface area contributed by atoms with E-state index in [1.165, 1.54) is 30.3 Å². The van der Waals surface area contributed by atoms with Crippen molar-refractivity contribution in [1.82, 2.24) is 15.2 Å². The molecule has 0 spiro atoms. The highest BCUT2D eigenvalue weighted by Gasteiger charge is 2.31. The highest BCUT2D eigenvalue weighted by Crippen LogP contribution is 2.36. The van der Waals surface area contributed by atoms with Gasteiger partial charge in [-0.15, -0.1) is 13.2 Å². The number of aromatic amines is 1. The lowest BCUT2D eigenvalue weighted by atomic mass is 10.0. The first-order chi connectivity index (χ1) is 20.2. The molecule has 0 atom stereocenters. The van der Waals surface area contributed by atoms with Gasteiger partial charge < -0.3 is 25.3 Å². The first-order valence-electron chi connectivity index (χ1n) is 13.7. The van der Waals surface area contributed by atoms with Gasteiger partial charge in [-0.2, -0.15) is 0 Å². The van der Waals surface area contributed by atoms with E-state index < -0.39 is 33.6 Å². The predicted octanol–water partition coefficient (Wildman–Crippen LogP) is 5.07. The number of hydrogen-bond donors (Lipinski definition) is 3. The molecule has 2 heterocycles. The number of H-pyrrole nitrogens is 1. The number of anilines is 1. The first kappa shape index (κ1) is 31.8. The number of aryl methyl sites for hydroxylation is 1. The molecule has 0 unspecified atom stereocenters. The van der Waals surface area contributed by atoms with E-state index in [0.29, 0.717) is 40.3 Å². The quantitative estimate of drug-likeness (QED) is 0.258. The molecule has 1 aliphatic rings. The van der Waals surface area contributed by atoms with Crippen molar-refractivity contribution in [3.8, 4) is 5.75 Å². The number of nitrogens with zero attached hydrogens (tertiary/aromatic N) is 1. The standard InChI is InChI=1S/C30H33F3N4O5S/c1-5-37(6-2)14-13-34-29(39)27-18(3)26(35-19(27)4)16-24-23-15-22(11-12-25(23)36-28(24)38)43(40,41)17-20-7-9-21(10-8-20)42-30(31,32)33/h7-12,15-16,35H,5-6,13-14,17H2,1-4H3,(H,34,39)(H,36,38). The lowest BCUT2D eigenvalue weighted by Crippen LogP contribution is -2.35. The molecule has 1 aromatic heterocycles. The number of carbonyl (C=O) groups is 2. The van der Waals surface area contributed by atoms with Gasteiger partial charge in [-0.1, -0.05) is 26.0 Å². The number of rotatable bonds is 11. The lowest BCUT2D eigenvalue weighted by molar-refractivity contribution is -0.274. The molecule has 0 saturated heterocycles. The zero-order valence-corrected chi connectivity index (χ0v) is 25.0. The van der Waals surface area contributed by atoms with Crippen LogP contribution in [0.3, 0.4) is 0 Å². The fourth-order valence-corrected chi connectivity index (χ4v) is 6.32. The molecule has 3 N–H and O–H groups in total. The minimum atomic E-state index is -4.86. The Morgan fingerprint density at radius 2 is 1.74 bits per heavy atom. The van der Waals surface area contributed by atoms with Crippen LogP contribution < -0.4 is 15.4 Å². The molecule has 2 amide bonds. The summed E-state index contributed by atoms with van der Waals surface area (Å²) in [7, 11) is -3.93. The van der Waals surface area contributed by atoms with Crippen LogP contribution in [0.5, 0.6) is 5.75 Å². The number of hydrogen-bond acceptors (Lipinski definition) is 6. The Morgan fingerprint density at radius 1 is 1.07 bits per heavy atom. The molecule has 4 rings (SSSR count). The fraction of sp³-hybridized carbons (Fsp3) is 0.333. The molecule has 13 heteroatoms. The van der Waals surface area contributed by atoms with Gasteiger partial charge in [0.2, 0.25) is 0 Å². The third kappa shape index (κ3) is 7.46. The summed E-state index contributed by atoms with van der Waals surface area (Å²) >= 11 is 0. The number of halogens is 3. The largest absolute Gasteiger partial charge is 0.573 e. The summed E-state index contributed by atoms with van der Waals surface area (Å²) in [4.78, 5) is 31.2. The second kappa shape index (κ2) is 12.6. The molecule has 43 heavy (non-hydrogen) atoms. The second-order valence-electron chi connectivity index (χ2n) is 10.1. The molecule has 0 aliphatic carbocycles. The number of fused-ring (bicyclic) bond motifs is 1. The first-order valence-corrected chi connectivity index (χ1v) is 15.3. The lowest BCUT2D eigenvalue weighted by Gasteiger charge is -2.18. The van der Waals surface area contributed by atoms with E-state index in [0.717, 1.165) is 31.8 Å². The molecule has 0 fully saturated rings. The molecule has 0 saturated carbocycles. The minimum absolute atomic E-state index is 0.0584. The number of benzene rings is 2.